The van der Waals surface area contributed by atoms with Crippen LogP contribution < -0.4 is 11.1 Å². The van der Waals surface area contributed by atoms with Gasteiger partial charge in [-0.1, -0.05) is 42.5 Å². The summed E-state index contributed by atoms with van der Waals surface area (Å²) in [5.41, 5.74) is 11.1. The summed E-state index contributed by atoms with van der Waals surface area (Å²) in [6.07, 6.45) is 0.749. The molecule has 0 unspecified atom stereocenters. The van der Waals surface area contributed by atoms with Gasteiger partial charge in [0.25, 0.3) is 0 Å². The van der Waals surface area contributed by atoms with E-state index in [0.717, 1.165) is 33.9 Å². The number of nitrogens with two attached hydrogens (primary N) is 1. The molecule has 0 aliphatic rings. The van der Waals surface area contributed by atoms with Crippen molar-refractivity contribution in [3.8, 4) is 0 Å². The summed E-state index contributed by atoms with van der Waals surface area (Å²) in [7, 11) is 0. The maximum absolute atomic E-state index is 5.88. The summed E-state index contributed by atoms with van der Waals surface area (Å²) >= 11 is 5.41. The van der Waals surface area contributed by atoms with E-state index in [1.54, 1.807) is 0 Å². The van der Waals surface area contributed by atoms with E-state index in [0.29, 0.717) is 0 Å². The van der Waals surface area contributed by atoms with Gasteiger partial charge in [-0.25, -0.2) is 0 Å². The van der Waals surface area contributed by atoms with Gasteiger partial charge in [0, 0.05) is 17.8 Å². The third kappa shape index (κ3) is 3.55. The molecule has 0 bridgehead atoms. The van der Waals surface area contributed by atoms with Gasteiger partial charge in [0.15, 0.2) is 0 Å². The van der Waals surface area contributed by atoms with Crippen molar-refractivity contribution in [1.29, 1.82) is 0 Å². The molecule has 0 aliphatic carbocycles. The van der Waals surface area contributed by atoms with Gasteiger partial charge in [-0.2, -0.15) is 0 Å². The van der Waals surface area contributed by atoms with Crippen LogP contribution in [0.4, 0.5) is 11.4 Å². The molecule has 0 spiro atoms. The van der Waals surface area contributed by atoms with Crippen molar-refractivity contribution in [2.45, 2.75) is 20.3 Å². The van der Waals surface area contributed by atoms with Gasteiger partial charge >= 0.3 is 0 Å². The molecule has 0 fully saturated rings. The molecule has 0 saturated heterocycles. The molecule has 0 radical (unpaired) electrons. The Hall–Kier alpha value is -1.87. The molecule has 2 aromatic rings. The zero-order valence-electron chi connectivity index (χ0n) is 11.2. The van der Waals surface area contributed by atoms with Crippen LogP contribution in [0.3, 0.4) is 0 Å². The largest absolute Gasteiger partial charge is 0.399 e. The van der Waals surface area contributed by atoms with Gasteiger partial charge in [0.2, 0.25) is 0 Å². The second-order valence-electron chi connectivity index (χ2n) is 4.73. The number of aryl methyl sites for hydroxylation is 2. The van der Waals surface area contributed by atoms with Crippen molar-refractivity contribution < 1.29 is 0 Å². The van der Waals surface area contributed by atoms with E-state index in [9.17, 15) is 0 Å². The van der Waals surface area contributed by atoms with Crippen LogP contribution in [0.1, 0.15) is 16.7 Å². The zero-order chi connectivity index (χ0) is 13.8. The third-order valence-electron chi connectivity index (χ3n) is 3.09. The van der Waals surface area contributed by atoms with Crippen LogP contribution in [0, 0.1) is 13.8 Å². The fourth-order valence-corrected chi connectivity index (χ4v) is 2.23. The van der Waals surface area contributed by atoms with Crippen molar-refractivity contribution in [2.75, 3.05) is 11.1 Å². The highest BCUT2D eigenvalue weighted by molar-refractivity contribution is 7.80. The van der Waals surface area contributed by atoms with Crippen molar-refractivity contribution in [3.63, 3.8) is 0 Å². The first-order valence-electron chi connectivity index (χ1n) is 6.27. The van der Waals surface area contributed by atoms with Crippen molar-refractivity contribution in [2.24, 2.45) is 0 Å². The Morgan fingerprint density at radius 3 is 2.47 bits per heavy atom. The average molecular weight is 270 g/mol. The minimum absolute atomic E-state index is 0.749. The maximum Gasteiger partial charge on any atom is 0.0841 e. The van der Waals surface area contributed by atoms with Crippen LogP contribution in [-0.2, 0) is 6.42 Å². The Morgan fingerprint density at radius 1 is 1.11 bits per heavy atom. The molecule has 2 rings (SSSR count). The van der Waals surface area contributed by atoms with E-state index < -0.39 is 0 Å². The number of thiocarbonyl (C=S) groups is 1. The van der Waals surface area contributed by atoms with Crippen molar-refractivity contribution in [3.05, 3.63) is 59.2 Å². The lowest BCUT2D eigenvalue weighted by Gasteiger charge is -2.13. The summed E-state index contributed by atoms with van der Waals surface area (Å²) < 4.78 is 0. The molecule has 0 heterocycles. The third-order valence-corrected chi connectivity index (χ3v) is 3.34. The van der Waals surface area contributed by atoms with Crippen LogP contribution in [-0.4, -0.2) is 4.99 Å². The minimum atomic E-state index is 0.749. The number of nitrogen functional groups attached to an aromatic ring is 1. The number of hydrogen-bond acceptors (Lipinski definition) is 2. The molecule has 19 heavy (non-hydrogen) atoms. The van der Waals surface area contributed by atoms with Crippen LogP contribution in [0.2, 0.25) is 0 Å². The molecule has 3 N–H and O–H groups in total. The second-order valence-corrected chi connectivity index (χ2v) is 5.23. The van der Waals surface area contributed by atoms with Crippen molar-refractivity contribution >= 4 is 28.6 Å². The van der Waals surface area contributed by atoms with Gasteiger partial charge in [-0.15, -0.1) is 0 Å². The standard InChI is InChI=1S/C16H18N2S/c1-11-9-15(12(2)8-14(11)17)18-16(19)10-13-6-4-3-5-7-13/h3-9H,10,17H2,1-2H3,(H,18,19). The lowest BCUT2D eigenvalue weighted by Crippen LogP contribution is -2.13. The summed E-state index contributed by atoms with van der Waals surface area (Å²) in [5.74, 6) is 0. The molecule has 0 saturated carbocycles. The highest BCUT2D eigenvalue weighted by Crippen LogP contribution is 2.22. The van der Waals surface area contributed by atoms with Gasteiger partial charge in [-0.3, -0.25) is 0 Å². The Morgan fingerprint density at radius 2 is 1.79 bits per heavy atom. The molecule has 3 heteroatoms. The first-order valence-corrected chi connectivity index (χ1v) is 6.67. The van der Waals surface area contributed by atoms with E-state index in [1.165, 1.54) is 5.56 Å². The van der Waals surface area contributed by atoms with E-state index >= 15 is 0 Å². The number of benzene rings is 2. The summed E-state index contributed by atoms with van der Waals surface area (Å²) in [4.78, 5) is 0.818. The molecule has 0 amide bonds. The van der Waals surface area contributed by atoms with Crippen LogP contribution in [0.15, 0.2) is 42.5 Å². The SMILES string of the molecule is Cc1cc(NC(=S)Cc2ccccc2)c(C)cc1N. The lowest BCUT2D eigenvalue weighted by molar-refractivity contribution is 1.33. The Balaban J connectivity index is 2.09. The highest BCUT2D eigenvalue weighted by atomic mass is 32.1. The summed E-state index contributed by atoms with van der Waals surface area (Å²) in [5, 5.41) is 3.30. The molecule has 0 atom stereocenters. The lowest BCUT2D eigenvalue weighted by atomic mass is 10.1. The zero-order valence-corrected chi connectivity index (χ0v) is 12.1. The fourth-order valence-electron chi connectivity index (χ4n) is 1.95. The van der Waals surface area contributed by atoms with Crippen LogP contribution in [0.25, 0.3) is 0 Å². The fraction of sp³-hybridized carbons (Fsp3) is 0.188. The van der Waals surface area contributed by atoms with Crippen molar-refractivity contribution in [1.82, 2.24) is 0 Å². The van der Waals surface area contributed by atoms with E-state index in [2.05, 4.69) is 17.4 Å². The van der Waals surface area contributed by atoms with Gasteiger partial charge in [0.1, 0.15) is 0 Å². The number of hydrogen-bond donors (Lipinski definition) is 2. The van der Waals surface area contributed by atoms with Gasteiger partial charge < -0.3 is 11.1 Å². The first kappa shape index (κ1) is 13.6. The molecule has 2 aromatic carbocycles. The number of anilines is 2. The molecule has 0 aromatic heterocycles. The summed E-state index contributed by atoms with van der Waals surface area (Å²) in [6.45, 7) is 4.03. The quantitative estimate of drug-likeness (QED) is 0.657. The molecule has 0 aliphatic heterocycles. The predicted molar refractivity (Wildman–Crippen MR) is 86.7 cm³/mol. The van der Waals surface area contributed by atoms with Gasteiger partial charge in [0.05, 0.1) is 4.99 Å². The Kier molecular flexibility index (Phi) is 4.17. The number of nitrogens with one attached hydrogen (secondary N) is 1. The maximum atomic E-state index is 5.88. The van der Waals surface area contributed by atoms with Gasteiger partial charge in [-0.05, 0) is 42.7 Å². The van der Waals surface area contributed by atoms with Crippen LogP contribution in [0.5, 0.6) is 0 Å². The van der Waals surface area contributed by atoms with E-state index in [4.69, 9.17) is 18.0 Å². The second kappa shape index (κ2) is 5.85. The highest BCUT2D eigenvalue weighted by Gasteiger charge is 2.05. The molecular formula is C16H18N2S. The Labute approximate surface area is 119 Å². The number of rotatable bonds is 3. The Bertz CT molecular complexity index is 591. The first-order chi connectivity index (χ1) is 9.06. The smallest absolute Gasteiger partial charge is 0.0841 e. The average Bonchev–Trinajstić information content (AvgIpc) is 2.37. The molecule has 2 nitrogen and oxygen atoms in total. The predicted octanol–water partition coefficient (Wildman–Crippen LogP) is 3.87. The normalized spacial score (nSPS) is 10.2. The van der Waals surface area contributed by atoms with Crippen LogP contribution >= 0.6 is 12.2 Å². The topological polar surface area (TPSA) is 38.0 Å². The minimum Gasteiger partial charge on any atom is -0.399 e. The van der Waals surface area contributed by atoms with E-state index in [1.807, 2.05) is 44.2 Å². The molecule has 98 valence electrons. The monoisotopic (exact) mass is 270 g/mol. The van der Waals surface area contributed by atoms with E-state index in [-0.39, 0.29) is 0 Å². The summed E-state index contributed by atoms with van der Waals surface area (Å²) in [6, 6.07) is 14.2. The molecular weight excluding hydrogens is 252 g/mol.